The van der Waals surface area contributed by atoms with Crippen molar-refractivity contribution in [2.45, 2.75) is 31.6 Å². The maximum atomic E-state index is 5.89. The topological polar surface area (TPSA) is 35.2 Å². The van der Waals surface area contributed by atoms with Crippen LogP contribution < -0.4 is 5.73 Å². The Morgan fingerprint density at radius 2 is 2.12 bits per heavy atom. The molecule has 3 heteroatoms. The third-order valence-corrected chi connectivity index (χ3v) is 3.33. The van der Waals surface area contributed by atoms with Crippen molar-refractivity contribution in [3.8, 4) is 0 Å². The molecule has 16 heavy (non-hydrogen) atoms. The summed E-state index contributed by atoms with van der Waals surface area (Å²) in [5, 5.41) is 0. The monoisotopic (exact) mass is 239 g/mol. The summed E-state index contributed by atoms with van der Waals surface area (Å²) >= 11 is 1.77. The molecule has 0 radical (unpaired) electrons. The number of anilines is 1. The number of benzene rings is 1. The lowest BCUT2D eigenvalue weighted by atomic mass is 10.2. The van der Waals surface area contributed by atoms with E-state index in [1.807, 2.05) is 12.1 Å². The molecule has 2 N–H and O–H groups in total. The largest absolute Gasteiger partial charge is 0.398 e. The number of hydrogen-bond donors (Lipinski definition) is 1. The van der Waals surface area contributed by atoms with Gasteiger partial charge in [0.2, 0.25) is 0 Å². The van der Waals surface area contributed by atoms with Gasteiger partial charge in [0.25, 0.3) is 0 Å². The molecule has 90 valence electrons. The van der Waals surface area contributed by atoms with E-state index in [1.54, 1.807) is 11.8 Å². The average molecular weight is 239 g/mol. The molecular formula is C13H21NOS. The Hall–Kier alpha value is -0.670. The van der Waals surface area contributed by atoms with Crippen LogP contribution in [0.1, 0.15) is 25.3 Å². The van der Waals surface area contributed by atoms with E-state index in [2.05, 4.69) is 19.9 Å². The quantitative estimate of drug-likeness (QED) is 0.449. The summed E-state index contributed by atoms with van der Waals surface area (Å²) in [5.41, 5.74) is 8.01. The first kappa shape index (κ1) is 13.4. The van der Waals surface area contributed by atoms with E-state index in [0.29, 0.717) is 0 Å². The Kier molecular flexibility index (Phi) is 6.34. The smallest absolute Gasteiger partial charge is 0.0560 e. The van der Waals surface area contributed by atoms with Crippen LogP contribution in [-0.2, 0) is 4.74 Å². The van der Waals surface area contributed by atoms with Crippen molar-refractivity contribution in [1.29, 1.82) is 0 Å². The lowest BCUT2D eigenvalue weighted by Crippen LogP contribution is -1.99. The zero-order chi connectivity index (χ0) is 11.8. The number of rotatable bonds is 7. The first-order chi connectivity index (χ1) is 7.74. The first-order valence-corrected chi connectivity index (χ1v) is 6.79. The Morgan fingerprint density at radius 3 is 2.88 bits per heavy atom. The summed E-state index contributed by atoms with van der Waals surface area (Å²) in [6.45, 7) is 5.94. The molecule has 0 spiro atoms. The molecule has 0 atom stereocenters. The Morgan fingerprint density at radius 1 is 1.31 bits per heavy atom. The molecule has 0 saturated heterocycles. The van der Waals surface area contributed by atoms with E-state index in [4.69, 9.17) is 10.5 Å². The number of ether oxygens (including phenoxy) is 1. The summed E-state index contributed by atoms with van der Waals surface area (Å²) in [7, 11) is 0. The Bertz CT molecular complexity index is 315. The SMILES string of the molecule is CCCCOCCSc1cc(C)ccc1N. The number of thioether (sulfide) groups is 1. The zero-order valence-corrected chi connectivity index (χ0v) is 11.0. The fourth-order valence-electron chi connectivity index (χ4n) is 1.33. The second-order valence-electron chi connectivity index (χ2n) is 3.86. The summed E-state index contributed by atoms with van der Waals surface area (Å²) in [5.74, 6) is 0.970. The number of nitrogen functional groups attached to an aromatic ring is 1. The van der Waals surface area contributed by atoms with Crippen LogP contribution in [-0.4, -0.2) is 19.0 Å². The summed E-state index contributed by atoms with van der Waals surface area (Å²) in [6.07, 6.45) is 2.34. The van der Waals surface area contributed by atoms with Crippen LogP contribution >= 0.6 is 11.8 Å². The molecular weight excluding hydrogens is 218 g/mol. The van der Waals surface area contributed by atoms with Crippen LogP contribution in [0.25, 0.3) is 0 Å². The molecule has 2 nitrogen and oxygen atoms in total. The third kappa shape index (κ3) is 4.90. The second-order valence-corrected chi connectivity index (χ2v) is 4.99. The molecule has 0 fully saturated rings. The fourth-order valence-corrected chi connectivity index (χ4v) is 2.25. The van der Waals surface area contributed by atoms with Gasteiger partial charge in [0.1, 0.15) is 0 Å². The molecule has 0 aliphatic carbocycles. The highest BCUT2D eigenvalue weighted by atomic mass is 32.2. The molecule has 1 rings (SSSR count). The molecule has 0 amide bonds. The van der Waals surface area contributed by atoms with Gasteiger partial charge in [-0.1, -0.05) is 19.4 Å². The summed E-state index contributed by atoms with van der Waals surface area (Å²) < 4.78 is 5.50. The molecule has 0 bridgehead atoms. The van der Waals surface area contributed by atoms with Crippen LogP contribution in [0, 0.1) is 6.92 Å². The zero-order valence-electron chi connectivity index (χ0n) is 10.2. The maximum absolute atomic E-state index is 5.89. The lowest BCUT2D eigenvalue weighted by Gasteiger charge is -2.07. The molecule has 0 heterocycles. The minimum absolute atomic E-state index is 0.804. The van der Waals surface area contributed by atoms with Crippen LogP contribution in [0.2, 0.25) is 0 Å². The van der Waals surface area contributed by atoms with Crippen LogP contribution in [0.5, 0.6) is 0 Å². The van der Waals surface area contributed by atoms with Gasteiger partial charge < -0.3 is 10.5 Å². The average Bonchev–Trinajstić information content (AvgIpc) is 2.28. The van der Waals surface area contributed by atoms with Gasteiger partial charge in [0, 0.05) is 22.9 Å². The number of unbranched alkanes of at least 4 members (excludes halogenated alkanes) is 1. The number of nitrogens with two attached hydrogens (primary N) is 1. The van der Waals surface area contributed by atoms with E-state index >= 15 is 0 Å². The molecule has 1 aromatic carbocycles. The van der Waals surface area contributed by atoms with Crippen LogP contribution in [0.15, 0.2) is 23.1 Å². The van der Waals surface area contributed by atoms with Crippen LogP contribution in [0.4, 0.5) is 5.69 Å². The van der Waals surface area contributed by atoms with Crippen molar-refractivity contribution >= 4 is 17.4 Å². The van der Waals surface area contributed by atoms with E-state index in [9.17, 15) is 0 Å². The predicted octanol–water partition coefficient (Wildman–Crippen LogP) is 3.49. The van der Waals surface area contributed by atoms with E-state index < -0.39 is 0 Å². The highest BCUT2D eigenvalue weighted by molar-refractivity contribution is 7.99. The molecule has 0 aromatic heterocycles. The van der Waals surface area contributed by atoms with Crippen molar-refractivity contribution in [3.05, 3.63) is 23.8 Å². The van der Waals surface area contributed by atoms with Gasteiger partial charge in [-0.15, -0.1) is 11.8 Å². The molecule has 0 unspecified atom stereocenters. The van der Waals surface area contributed by atoms with Crippen molar-refractivity contribution in [1.82, 2.24) is 0 Å². The molecule has 0 aliphatic heterocycles. The van der Waals surface area contributed by atoms with Crippen molar-refractivity contribution in [2.75, 3.05) is 24.7 Å². The Labute approximate surface area is 103 Å². The van der Waals surface area contributed by atoms with E-state index in [1.165, 1.54) is 16.9 Å². The second kappa shape index (κ2) is 7.58. The molecule has 1 aromatic rings. The van der Waals surface area contributed by atoms with Crippen molar-refractivity contribution < 1.29 is 4.74 Å². The highest BCUT2D eigenvalue weighted by Gasteiger charge is 2.00. The van der Waals surface area contributed by atoms with Gasteiger partial charge >= 0.3 is 0 Å². The third-order valence-electron chi connectivity index (χ3n) is 2.30. The number of hydrogen-bond acceptors (Lipinski definition) is 3. The van der Waals surface area contributed by atoms with E-state index in [-0.39, 0.29) is 0 Å². The van der Waals surface area contributed by atoms with Gasteiger partial charge in [-0.05, 0) is 31.0 Å². The summed E-state index contributed by atoms with van der Waals surface area (Å²) in [6, 6.07) is 6.14. The van der Waals surface area contributed by atoms with Gasteiger partial charge in [0.15, 0.2) is 0 Å². The maximum Gasteiger partial charge on any atom is 0.0560 e. The van der Waals surface area contributed by atoms with E-state index in [0.717, 1.165) is 31.1 Å². The minimum atomic E-state index is 0.804. The minimum Gasteiger partial charge on any atom is -0.398 e. The van der Waals surface area contributed by atoms with Gasteiger partial charge in [-0.3, -0.25) is 0 Å². The highest BCUT2D eigenvalue weighted by Crippen LogP contribution is 2.25. The normalized spacial score (nSPS) is 10.6. The number of aryl methyl sites for hydroxylation is 1. The summed E-state index contributed by atoms with van der Waals surface area (Å²) in [4.78, 5) is 1.17. The molecule has 0 saturated carbocycles. The van der Waals surface area contributed by atoms with Gasteiger partial charge in [-0.2, -0.15) is 0 Å². The lowest BCUT2D eigenvalue weighted by molar-refractivity contribution is 0.147. The predicted molar refractivity (Wildman–Crippen MR) is 72.0 cm³/mol. The van der Waals surface area contributed by atoms with Gasteiger partial charge in [-0.25, -0.2) is 0 Å². The van der Waals surface area contributed by atoms with Crippen molar-refractivity contribution in [2.24, 2.45) is 0 Å². The van der Waals surface area contributed by atoms with Gasteiger partial charge in [0.05, 0.1) is 6.61 Å². The van der Waals surface area contributed by atoms with Crippen molar-refractivity contribution in [3.63, 3.8) is 0 Å². The van der Waals surface area contributed by atoms with Crippen LogP contribution in [0.3, 0.4) is 0 Å². The standard InChI is InChI=1S/C13H21NOS/c1-3-4-7-15-8-9-16-13-10-11(2)5-6-12(13)14/h5-6,10H,3-4,7-9,14H2,1-2H3. The fraction of sp³-hybridized carbons (Fsp3) is 0.538. The first-order valence-electron chi connectivity index (χ1n) is 5.80. The molecule has 0 aliphatic rings. The Balaban J connectivity index is 2.23.